The van der Waals surface area contributed by atoms with E-state index in [4.69, 9.17) is 5.73 Å². The standard InChI is InChI=1S/C21H35N/c1-3-5-6-7-8-9-10-18-11-13-19(14-12-18)20-15-16-21(22,4-2)17-20/h11-14,20H,3-10,15-17,22H2,1-2H3/t20-,21+/m1/s1. The first-order valence-electron chi connectivity index (χ1n) is 9.54. The molecule has 0 spiro atoms. The first-order valence-corrected chi connectivity index (χ1v) is 9.54. The summed E-state index contributed by atoms with van der Waals surface area (Å²) in [6.45, 7) is 4.51. The zero-order valence-corrected chi connectivity index (χ0v) is 14.7. The van der Waals surface area contributed by atoms with E-state index in [1.165, 1.54) is 75.3 Å². The molecule has 0 heterocycles. The van der Waals surface area contributed by atoms with Crippen molar-refractivity contribution >= 4 is 0 Å². The van der Waals surface area contributed by atoms with Crippen molar-refractivity contribution in [1.82, 2.24) is 0 Å². The molecule has 1 aliphatic rings. The van der Waals surface area contributed by atoms with E-state index in [0.29, 0.717) is 5.92 Å². The average Bonchev–Trinajstić information content (AvgIpc) is 2.94. The van der Waals surface area contributed by atoms with Gasteiger partial charge in [0, 0.05) is 5.54 Å². The van der Waals surface area contributed by atoms with Crippen LogP contribution in [0.15, 0.2) is 24.3 Å². The molecule has 1 heteroatoms. The lowest BCUT2D eigenvalue weighted by atomic mass is 9.91. The SMILES string of the molecule is CCCCCCCCc1ccc([C@@H]2CC[C@@](N)(CC)C2)cc1. The molecule has 2 atom stereocenters. The van der Waals surface area contributed by atoms with E-state index in [2.05, 4.69) is 38.1 Å². The minimum absolute atomic E-state index is 0.0990. The average molecular weight is 302 g/mol. The Kier molecular flexibility index (Phi) is 6.95. The van der Waals surface area contributed by atoms with E-state index in [1.54, 1.807) is 0 Å². The van der Waals surface area contributed by atoms with Crippen molar-refractivity contribution in [2.24, 2.45) is 5.73 Å². The van der Waals surface area contributed by atoms with Gasteiger partial charge in [0.25, 0.3) is 0 Å². The largest absolute Gasteiger partial charge is 0.325 e. The number of nitrogens with two attached hydrogens (primary N) is 1. The summed E-state index contributed by atoms with van der Waals surface area (Å²) >= 11 is 0. The lowest BCUT2D eigenvalue weighted by Crippen LogP contribution is -2.35. The molecule has 1 aromatic rings. The molecule has 1 aromatic carbocycles. The van der Waals surface area contributed by atoms with Crippen molar-refractivity contribution in [3.05, 3.63) is 35.4 Å². The lowest BCUT2D eigenvalue weighted by Gasteiger charge is -2.22. The second kappa shape index (κ2) is 8.72. The van der Waals surface area contributed by atoms with E-state index >= 15 is 0 Å². The zero-order chi connectivity index (χ0) is 15.8. The van der Waals surface area contributed by atoms with Gasteiger partial charge in [-0.25, -0.2) is 0 Å². The summed E-state index contributed by atoms with van der Waals surface area (Å²) in [4.78, 5) is 0. The topological polar surface area (TPSA) is 26.0 Å². The molecule has 22 heavy (non-hydrogen) atoms. The number of aryl methyl sites for hydroxylation is 1. The van der Waals surface area contributed by atoms with Crippen molar-refractivity contribution in [3.63, 3.8) is 0 Å². The molecule has 1 aliphatic carbocycles. The van der Waals surface area contributed by atoms with Crippen molar-refractivity contribution < 1.29 is 0 Å². The summed E-state index contributed by atoms with van der Waals surface area (Å²) in [6.07, 6.45) is 14.3. The van der Waals surface area contributed by atoms with Gasteiger partial charge in [-0.15, -0.1) is 0 Å². The molecule has 0 aliphatic heterocycles. The number of hydrogen-bond donors (Lipinski definition) is 1. The summed E-state index contributed by atoms with van der Waals surface area (Å²) in [6, 6.07) is 9.42. The Labute approximate surface area is 137 Å². The number of benzene rings is 1. The van der Waals surface area contributed by atoms with Gasteiger partial charge >= 0.3 is 0 Å². The van der Waals surface area contributed by atoms with Gasteiger partial charge in [0.2, 0.25) is 0 Å². The van der Waals surface area contributed by atoms with Gasteiger partial charge in [0.15, 0.2) is 0 Å². The van der Waals surface area contributed by atoms with E-state index < -0.39 is 0 Å². The molecule has 0 unspecified atom stereocenters. The third-order valence-corrected chi connectivity index (χ3v) is 5.62. The second-order valence-electron chi connectivity index (χ2n) is 7.41. The molecule has 1 nitrogen and oxygen atoms in total. The Morgan fingerprint density at radius 3 is 2.32 bits per heavy atom. The highest BCUT2D eigenvalue weighted by molar-refractivity contribution is 5.27. The van der Waals surface area contributed by atoms with E-state index in [0.717, 1.165) is 6.42 Å². The third kappa shape index (κ3) is 5.12. The summed E-state index contributed by atoms with van der Waals surface area (Å²) in [5, 5.41) is 0. The fourth-order valence-electron chi connectivity index (χ4n) is 3.83. The third-order valence-electron chi connectivity index (χ3n) is 5.62. The fraction of sp³-hybridized carbons (Fsp3) is 0.714. The first-order chi connectivity index (χ1) is 10.7. The molecule has 0 radical (unpaired) electrons. The summed E-state index contributed by atoms with van der Waals surface area (Å²) in [5.74, 6) is 0.688. The predicted molar refractivity (Wildman–Crippen MR) is 97.3 cm³/mol. The molecular formula is C21H35N. The molecular weight excluding hydrogens is 266 g/mol. The van der Waals surface area contributed by atoms with Crippen LogP contribution in [0, 0.1) is 0 Å². The van der Waals surface area contributed by atoms with Crippen molar-refractivity contribution in [2.75, 3.05) is 0 Å². The smallest absolute Gasteiger partial charge is 0.0157 e. The monoisotopic (exact) mass is 301 g/mol. The molecule has 124 valence electrons. The summed E-state index contributed by atoms with van der Waals surface area (Å²) in [5.41, 5.74) is 9.54. The minimum atomic E-state index is 0.0990. The number of rotatable bonds is 9. The van der Waals surface area contributed by atoms with Gasteiger partial charge in [0.1, 0.15) is 0 Å². The molecule has 1 fully saturated rings. The van der Waals surface area contributed by atoms with Crippen LogP contribution in [0.4, 0.5) is 0 Å². The normalized spacial score (nSPS) is 24.8. The first kappa shape index (κ1) is 17.5. The molecule has 1 saturated carbocycles. The van der Waals surface area contributed by atoms with Crippen LogP contribution in [-0.4, -0.2) is 5.54 Å². The Hall–Kier alpha value is -0.820. The van der Waals surface area contributed by atoms with Crippen molar-refractivity contribution in [3.8, 4) is 0 Å². The zero-order valence-electron chi connectivity index (χ0n) is 14.7. The van der Waals surface area contributed by atoms with Gasteiger partial charge in [-0.05, 0) is 55.6 Å². The summed E-state index contributed by atoms with van der Waals surface area (Å²) < 4.78 is 0. The van der Waals surface area contributed by atoms with Crippen LogP contribution in [0.3, 0.4) is 0 Å². The molecule has 0 bridgehead atoms. The van der Waals surface area contributed by atoms with Gasteiger partial charge < -0.3 is 5.73 Å². The molecule has 0 aromatic heterocycles. The van der Waals surface area contributed by atoms with Crippen LogP contribution in [-0.2, 0) is 6.42 Å². The molecule has 0 saturated heterocycles. The van der Waals surface area contributed by atoms with E-state index in [-0.39, 0.29) is 5.54 Å². The summed E-state index contributed by atoms with van der Waals surface area (Å²) in [7, 11) is 0. The molecule has 2 rings (SSSR count). The molecule has 0 amide bonds. The highest BCUT2D eigenvalue weighted by Gasteiger charge is 2.34. The van der Waals surface area contributed by atoms with E-state index in [1.807, 2.05) is 0 Å². The minimum Gasteiger partial charge on any atom is -0.325 e. The Morgan fingerprint density at radius 2 is 1.68 bits per heavy atom. The highest BCUT2D eigenvalue weighted by Crippen LogP contribution is 2.41. The van der Waals surface area contributed by atoms with Crippen LogP contribution < -0.4 is 5.73 Å². The highest BCUT2D eigenvalue weighted by atomic mass is 14.8. The molecule has 2 N–H and O–H groups in total. The fourth-order valence-corrected chi connectivity index (χ4v) is 3.83. The maximum absolute atomic E-state index is 6.43. The number of unbranched alkanes of at least 4 members (excludes halogenated alkanes) is 5. The van der Waals surface area contributed by atoms with Crippen molar-refractivity contribution in [1.29, 1.82) is 0 Å². The van der Waals surface area contributed by atoms with Gasteiger partial charge in [-0.2, -0.15) is 0 Å². The van der Waals surface area contributed by atoms with Crippen LogP contribution in [0.1, 0.15) is 95.1 Å². The predicted octanol–water partition coefficient (Wildman–Crippen LogP) is 5.96. The Morgan fingerprint density at radius 1 is 1.00 bits per heavy atom. The van der Waals surface area contributed by atoms with Crippen molar-refractivity contribution in [2.45, 2.75) is 95.9 Å². The van der Waals surface area contributed by atoms with Crippen LogP contribution in [0.25, 0.3) is 0 Å². The number of hydrogen-bond acceptors (Lipinski definition) is 1. The van der Waals surface area contributed by atoms with E-state index in [9.17, 15) is 0 Å². The van der Waals surface area contributed by atoms with Crippen LogP contribution >= 0.6 is 0 Å². The lowest BCUT2D eigenvalue weighted by molar-refractivity contribution is 0.418. The van der Waals surface area contributed by atoms with Crippen LogP contribution in [0.5, 0.6) is 0 Å². The van der Waals surface area contributed by atoms with Gasteiger partial charge in [0.05, 0.1) is 0 Å². The van der Waals surface area contributed by atoms with Gasteiger partial charge in [-0.3, -0.25) is 0 Å². The Bertz CT molecular complexity index is 422. The van der Waals surface area contributed by atoms with Gasteiger partial charge in [-0.1, -0.05) is 70.2 Å². The second-order valence-corrected chi connectivity index (χ2v) is 7.41. The van der Waals surface area contributed by atoms with Crippen LogP contribution in [0.2, 0.25) is 0 Å². The maximum atomic E-state index is 6.43. The maximum Gasteiger partial charge on any atom is 0.0157 e. The quantitative estimate of drug-likeness (QED) is 0.559. The Balaban J connectivity index is 1.74.